The van der Waals surface area contributed by atoms with E-state index in [-0.39, 0.29) is 42.0 Å². The van der Waals surface area contributed by atoms with Crippen molar-refractivity contribution in [2.75, 3.05) is 11.9 Å². The molecule has 0 aromatic heterocycles. The standard InChI is InChI=1S/C22H29NO5/c1-21-11-10-18(28-20(26)23-14-6-4-3-5-7-14)22(2,13-24)17(21)9-8-16-15(21)12-19(25)27-16/h3-7,15-18,24H,8-13H2,1-2H3,(H,23,26). The fourth-order valence-corrected chi connectivity index (χ4v) is 6.09. The lowest BCUT2D eigenvalue weighted by molar-refractivity contribution is -0.174. The van der Waals surface area contributed by atoms with E-state index in [4.69, 9.17) is 9.47 Å². The lowest BCUT2D eigenvalue weighted by Crippen LogP contribution is -2.59. The van der Waals surface area contributed by atoms with E-state index in [1.807, 2.05) is 37.3 Å². The van der Waals surface area contributed by atoms with Crippen molar-refractivity contribution < 1.29 is 24.2 Å². The number of hydrogen-bond acceptors (Lipinski definition) is 5. The van der Waals surface area contributed by atoms with Gasteiger partial charge in [0.2, 0.25) is 0 Å². The Labute approximate surface area is 165 Å². The summed E-state index contributed by atoms with van der Waals surface area (Å²) in [5, 5.41) is 13.1. The summed E-state index contributed by atoms with van der Waals surface area (Å²) in [4.78, 5) is 24.4. The zero-order valence-electron chi connectivity index (χ0n) is 16.5. The number of carbonyl (C=O) groups excluding carboxylic acids is 2. The third-order valence-corrected chi connectivity index (χ3v) is 7.59. The molecule has 1 saturated heterocycles. The molecule has 2 aliphatic carbocycles. The second kappa shape index (κ2) is 7.07. The van der Waals surface area contributed by atoms with Gasteiger partial charge in [-0.15, -0.1) is 0 Å². The number of hydrogen-bond donors (Lipinski definition) is 2. The molecular weight excluding hydrogens is 358 g/mol. The van der Waals surface area contributed by atoms with Crippen LogP contribution in [-0.2, 0) is 14.3 Å². The molecule has 4 rings (SSSR count). The van der Waals surface area contributed by atoms with Gasteiger partial charge in [-0.05, 0) is 49.1 Å². The number of amides is 1. The van der Waals surface area contributed by atoms with Crippen molar-refractivity contribution in [1.29, 1.82) is 0 Å². The lowest BCUT2D eigenvalue weighted by Gasteiger charge is -2.59. The molecule has 28 heavy (non-hydrogen) atoms. The van der Waals surface area contributed by atoms with Crippen LogP contribution in [0.1, 0.15) is 46.0 Å². The van der Waals surface area contributed by atoms with E-state index in [0.717, 1.165) is 19.3 Å². The monoisotopic (exact) mass is 387 g/mol. The fraction of sp³-hybridized carbons (Fsp3) is 0.636. The van der Waals surface area contributed by atoms with Gasteiger partial charge in [0.05, 0.1) is 13.0 Å². The zero-order chi connectivity index (χ0) is 19.9. The van der Waals surface area contributed by atoms with Gasteiger partial charge in [-0.1, -0.05) is 32.0 Å². The summed E-state index contributed by atoms with van der Waals surface area (Å²) in [6.45, 7) is 4.20. The molecule has 2 saturated carbocycles. The molecule has 3 fully saturated rings. The van der Waals surface area contributed by atoms with Crippen molar-refractivity contribution in [1.82, 2.24) is 0 Å². The molecule has 0 spiro atoms. The summed E-state index contributed by atoms with van der Waals surface area (Å²) in [7, 11) is 0. The Hall–Kier alpha value is -2.08. The lowest BCUT2D eigenvalue weighted by atomic mass is 9.46. The van der Waals surface area contributed by atoms with Gasteiger partial charge in [-0.3, -0.25) is 10.1 Å². The van der Waals surface area contributed by atoms with Crippen LogP contribution in [0.25, 0.3) is 0 Å². The number of rotatable bonds is 3. The molecular formula is C22H29NO5. The smallest absolute Gasteiger partial charge is 0.411 e. The molecule has 6 atom stereocenters. The summed E-state index contributed by atoms with van der Waals surface area (Å²) in [6, 6.07) is 9.20. The molecule has 1 heterocycles. The second-order valence-electron chi connectivity index (χ2n) is 9.06. The van der Waals surface area contributed by atoms with Crippen LogP contribution < -0.4 is 5.32 Å². The predicted octanol–water partition coefficient (Wildman–Crippen LogP) is 3.74. The van der Waals surface area contributed by atoms with Crippen LogP contribution in [0.3, 0.4) is 0 Å². The summed E-state index contributed by atoms with van der Waals surface area (Å²) < 4.78 is 11.4. The topological polar surface area (TPSA) is 84.9 Å². The van der Waals surface area contributed by atoms with Crippen molar-refractivity contribution in [3.63, 3.8) is 0 Å². The maximum absolute atomic E-state index is 12.5. The van der Waals surface area contributed by atoms with E-state index >= 15 is 0 Å². The third-order valence-electron chi connectivity index (χ3n) is 7.59. The van der Waals surface area contributed by atoms with Crippen LogP contribution in [0.2, 0.25) is 0 Å². The molecule has 2 N–H and O–H groups in total. The number of ether oxygens (including phenoxy) is 2. The molecule has 0 radical (unpaired) electrons. The molecule has 152 valence electrons. The molecule has 3 aliphatic rings. The minimum Gasteiger partial charge on any atom is -0.462 e. The van der Waals surface area contributed by atoms with Crippen molar-refractivity contribution in [2.45, 2.75) is 58.2 Å². The Bertz CT molecular complexity index is 753. The first-order valence-electron chi connectivity index (χ1n) is 10.2. The quantitative estimate of drug-likeness (QED) is 0.772. The molecule has 1 aliphatic heterocycles. The first-order valence-corrected chi connectivity index (χ1v) is 10.2. The Kier molecular flexibility index (Phi) is 4.86. The molecule has 1 aromatic carbocycles. The van der Waals surface area contributed by atoms with Gasteiger partial charge < -0.3 is 14.6 Å². The number of benzene rings is 1. The SMILES string of the molecule is CC1(CO)C(OC(=O)Nc2ccccc2)CCC2(C)C3CC(=O)OC3CCC12. The maximum atomic E-state index is 12.5. The van der Waals surface area contributed by atoms with Gasteiger partial charge in [0.1, 0.15) is 12.2 Å². The van der Waals surface area contributed by atoms with Gasteiger partial charge in [0, 0.05) is 17.0 Å². The largest absolute Gasteiger partial charge is 0.462 e. The number of nitrogens with one attached hydrogen (secondary N) is 1. The number of carbonyl (C=O) groups is 2. The van der Waals surface area contributed by atoms with E-state index in [2.05, 4.69) is 12.2 Å². The van der Waals surface area contributed by atoms with E-state index in [0.29, 0.717) is 18.5 Å². The van der Waals surface area contributed by atoms with E-state index in [9.17, 15) is 14.7 Å². The Balaban J connectivity index is 1.52. The van der Waals surface area contributed by atoms with Gasteiger partial charge >= 0.3 is 12.1 Å². The number of aliphatic hydroxyl groups excluding tert-OH is 1. The molecule has 1 amide bonds. The van der Waals surface area contributed by atoms with E-state index < -0.39 is 11.5 Å². The van der Waals surface area contributed by atoms with Crippen LogP contribution in [-0.4, -0.2) is 36.0 Å². The Morgan fingerprint density at radius 1 is 1.25 bits per heavy atom. The molecule has 6 unspecified atom stereocenters. The predicted molar refractivity (Wildman–Crippen MR) is 104 cm³/mol. The highest BCUT2D eigenvalue weighted by atomic mass is 16.6. The zero-order valence-corrected chi connectivity index (χ0v) is 16.5. The minimum absolute atomic E-state index is 0.00413. The van der Waals surface area contributed by atoms with Crippen LogP contribution in [0.15, 0.2) is 30.3 Å². The van der Waals surface area contributed by atoms with Crippen LogP contribution in [0.5, 0.6) is 0 Å². The van der Waals surface area contributed by atoms with Crippen LogP contribution in [0, 0.1) is 22.7 Å². The van der Waals surface area contributed by atoms with Crippen molar-refractivity contribution in [3.8, 4) is 0 Å². The Morgan fingerprint density at radius 3 is 2.71 bits per heavy atom. The van der Waals surface area contributed by atoms with Crippen molar-refractivity contribution in [3.05, 3.63) is 30.3 Å². The fourth-order valence-electron chi connectivity index (χ4n) is 6.09. The summed E-state index contributed by atoms with van der Waals surface area (Å²) in [5.74, 6) is 0.246. The average Bonchev–Trinajstić information content (AvgIpc) is 3.07. The summed E-state index contributed by atoms with van der Waals surface area (Å²) in [5.41, 5.74) is 0.0425. The van der Waals surface area contributed by atoms with Crippen molar-refractivity contribution in [2.24, 2.45) is 22.7 Å². The summed E-state index contributed by atoms with van der Waals surface area (Å²) >= 11 is 0. The number of para-hydroxylation sites is 1. The first kappa shape index (κ1) is 19.2. The average molecular weight is 387 g/mol. The van der Waals surface area contributed by atoms with Gasteiger partial charge in [0.15, 0.2) is 0 Å². The molecule has 0 bridgehead atoms. The van der Waals surface area contributed by atoms with Crippen LogP contribution in [0.4, 0.5) is 10.5 Å². The van der Waals surface area contributed by atoms with Gasteiger partial charge in [0.25, 0.3) is 0 Å². The minimum atomic E-state index is -0.544. The highest BCUT2D eigenvalue weighted by Crippen LogP contribution is 2.62. The second-order valence-corrected chi connectivity index (χ2v) is 9.06. The Morgan fingerprint density at radius 2 is 2.00 bits per heavy atom. The number of esters is 1. The third kappa shape index (κ3) is 3.08. The van der Waals surface area contributed by atoms with Crippen LogP contribution >= 0.6 is 0 Å². The van der Waals surface area contributed by atoms with Gasteiger partial charge in [-0.25, -0.2) is 4.79 Å². The van der Waals surface area contributed by atoms with Gasteiger partial charge in [-0.2, -0.15) is 0 Å². The molecule has 6 nitrogen and oxygen atoms in total. The van der Waals surface area contributed by atoms with E-state index in [1.54, 1.807) is 0 Å². The number of aliphatic hydroxyl groups is 1. The number of fused-ring (bicyclic) bond motifs is 3. The summed E-state index contributed by atoms with van der Waals surface area (Å²) in [6.07, 6.45) is 2.80. The number of anilines is 1. The highest BCUT2D eigenvalue weighted by Gasteiger charge is 2.62. The first-order chi connectivity index (χ1) is 13.4. The van der Waals surface area contributed by atoms with Crippen molar-refractivity contribution >= 4 is 17.7 Å². The van der Waals surface area contributed by atoms with E-state index in [1.165, 1.54) is 0 Å². The molecule has 1 aromatic rings. The maximum Gasteiger partial charge on any atom is 0.411 e. The molecule has 6 heteroatoms. The normalized spacial score (nSPS) is 39.5. The highest BCUT2D eigenvalue weighted by molar-refractivity contribution is 5.84.